The Hall–Kier alpha value is -3.02. The molecule has 0 aromatic heterocycles. The zero-order valence-electron chi connectivity index (χ0n) is 20.9. The van der Waals surface area contributed by atoms with Crippen molar-refractivity contribution in [3.63, 3.8) is 0 Å². The first kappa shape index (κ1) is 24.1. The smallest absolute Gasteiger partial charge is 0.247 e. The number of rotatable bonds is 6. The number of hydrogen-bond acceptors (Lipinski definition) is 4. The average Bonchev–Trinajstić information content (AvgIpc) is 3.38. The maximum atomic E-state index is 13.5. The maximum Gasteiger partial charge on any atom is 0.247 e. The molecule has 0 bridgehead atoms. The van der Waals surface area contributed by atoms with E-state index in [1.165, 1.54) is 18.5 Å². The standard InChI is InChI=1S/C28H37N3O3/c1-5-6-9-26(32)31-17-22-15-23(30-12-7-8-13-30)11-10-21(22)16-25(31)28(34)29-24-14-18(2)27(33)20(4)19(24)3/h10-11,14-15,25,33H,5-9,12-13,16-17H2,1-4H3,(H,29,34)/t25-/m0/s1. The summed E-state index contributed by atoms with van der Waals surface area (Å²) in [5.74, 6) is 0.119. The Balaban J connectivity index is 1.62. The minimum Gasteiger partial charge on any atom is -0.507 e. The number of nitrogens with zero attached hydrogens (tertiary/aromatic N) is 2. The van der Waals surface area contributed by atoms with Gasteiger partial charge in [0.1, 0.15) is 11.8 Å². The SMILES string of the molecule is CCCCC(=O)N1Cc2cc(N3CCCC3)ccc2C[C@H]1C(=O)Nc1cc(C)c(O)c(C)c1C. The molecule has 2 N–H and O–H groups in total. The quantitative estimate of drug-likeness (QED) is 0.592. The molecule has 2 aromatic carbocycles. The van der Waals surface area contributed by atoms with E-state index in [0.29, 0.717) is 25.1 Å². The van der Waals surface area contributed by atoms with E-state index in [2.05, 4.69) is 35.3 Å². The van der Waals surface area contributed by atoms with Crippen LogP contribution in [0.1, 0.15) is 66.8 Å². The third kappa shape index (κ3) is 4.77. The lowest BCUT2D eigenvalue weighted by Crippen LogP contribution is -2.50. The lowest BCUT2D eigenvalue weighted by atomic mass is 9.92. The van der Waals surface area contributed by atoms with Gasteiger partial charge < -0.3 is 20.2 Å². The number of aryl methyl sites for hydroxylation is 1. The van der Waals surface area contributed by atoms with Gasteiger partial charge in [-0.3, -0.25) is 9.59 Å². The molecule has 0 unspecified atom stereocenters. The first-order chi connectivity index (χ1) is 16.3. The third-order valence-corrected chi connectivity index (χ3v) is 7.47. The number of fused-ring (bicyclic) bond motifs is 1. The van der Waals surface area contributed by atoms with E-state index in [1.807, 2.05) is 20.8 Å². The van der Waals surface area contributed by atoms with E-state index >= 15 is 0 Å². The highest BCUT2D eigenvalue weighted by atomic mass is 16.3. The second-order valence-electron chi connectivity index (χ2n) is 9.82. The van der Waals surface area contributed by atoms with Crippen molar-refractivity contribution >= 4 is 23.2 Å². The molecule has 4 rings (SSSR count). The van der Waals surface area contributed by atoms with Crippen molar-refractivity contribution < 1.29 is 14.7 Å². The summed E-state index contributed by atoms with van der Waals surface area (Å²) >= 11 is 0. The Morgan fingerprint density at radius 1 is 1.06 bits per heavy atom. The first-order valence-electron chi connectivity index (χ1n) is 12.6. The van der Waals surface area contributed by atoms with Crippen LogP contribution in [-0.4, -0.2) is 41.0 Å². The highest BCUT2D eigenvalue weighted by Crippen LogP contribution is 2.33. The van der Waals surface area contributed by atoms with Crippen LogP contribution >= 0.6 is 0 Å². The molecule has 1 atom stereocenters. The predicted molar refractivity (Wildman–Crippen MR) is 136 cm³/mol. The van der Waals surface area contributed by atoms with Crippen molar-refractivity contribution in [2.75, 3.05) is 23.3 Å². The summed E-state index contributed by atoms with van der Waals surface area (Å²) in [7, 11) is 0. The molecular formula is C28H37N3O3. The fourth-order valence-corrected chi connectivity index (χ4v) is 5.13. The van der Waals surface area contributed by atoms with E-state index in [9.17, 15) is 14.7 Å². The minimum atomic E-state index is -0.552. The lowest BCUT2D eigenvalue weighted by molar-refractivity contribution is -0.140. The zero-order valence-corrected chi connectivity index (χ0v) is 20.9. The highest BCUT2D eigenvalue weighted by molar-refractivity contribution is 5.98. The number of anilines is 2. The summed E-state index contributed by atoms with van der Waals surface area (Å²) in [6, 6.07) is 7.76. The monoisotopic (exact) mass is 463 g/mol. The number of aromatic hydroxyl groups is 1. The number of benzene rings is 2. The predicted octanol–water partition coefficient (Wildman–Crippen LogP) is 5.00. The van der Waals surface area contributed by atoms with Gasteiger partial charge in [-0.2, -0.15) is 0 Å². The van der Waals surface area contributed by atoms with Gasteiger partial charge in [0.2, 0.25) is 11.8 Å². The second kappa shape index (κ2) is 10.1. The van der Waals surface area contributed by atoms with Crippen molar-refractivity contribution in [2.45, 2.75) is 78.8 Å². The van der Waals surface area contributed by atoms with E-state index in [1.54, 1.807) is 11.0 Å². The van der Waals surface area contributed by atoms with Crippen molar-refractivity contribution in [3.8, 4) is 5.75 Å². The number of amides is 2. The third-order valence-electron chi connectivity index (χ3n) is 7.47. The molecule has 0 spiro atoms. The molecule has 6 nitrogen and oxygen atoms in total. The first-order valence-corrected chi connectivity index (χ1v) is 12.6. The molecule has 182 valence electrons. The number of hydrogen-bond donors (Lipinski definition) is 2. The van der Waals surface area contributed by atoms with Crippen LogP contribution < -0.4 is 10.2 Å². The molecule has 0 saturated carbocycles. The van der Waals surface area contributed by atoms with Crippen LogP contribution in [0, 0.1) is 20.8 Å². The van der Waals surface area contributed by atoms with Gasteiger partial charge in [-0.15, -0.1) is 0 Å². The van der Waals surface area contributed by atoms with E-state index < -0.39 is 6.04 Å². The number of carbonyl (C=O) groups is 2. The number of phenols is 1. The van der Waals surface area contributed by atoms with Gasteiger partial charge in [0.25, 0.3) is 0 Å². The summed E-state index contributed by atoms with van der Waals surface area (Å²) in [5, 5.41) is 13.3. The van der Waals surface area contributed by atoms with Gasteiger partial charge in [0.05, 0.1) is 0 Å². The van der Waals surface area contributed by atoms with Gasteiger partial charge in [-0.05, 0) is 86.1 Å². The van der Waals surface area contributed by atoms with E-state index in [0.717, 1.165) is 53.7 Å². The van der Waals surface area contributed by atoms with Gasteiger partial charge in [0, 0.05) is 43.9 Å². The van der Waals surface area contributed by atoms with Crippen LogP contribution in [0.2, 0.25) is 0 Å². The van der Waals surface area contributed by atoms with Gasteiger partial charge in [-0.1, -0.05) is 19.4 Å². The summed E-state index contributed by atoms with van der Waals surface area (Å²) in [6.07, 6.45) is 5.16. The zero-order chi connectivity index (χ0) is 24.4. The topological polar surface area (TPSA) is 72.9 Å². The van der Waals surface area contributed by atoms with Crippen LogP contribution in [0.25, 0.3) is 0 Å². The molecule has 1 fully saturated rings. The molecule has 1 saturated heterocycles. The molecule has 2 aromatic rings. The Bertz CT molecular complexity index is 1090. The number of carbonyl (C=O) groups excluding carboxylic acids is 2. The summed E-state index contributed by atoms with van der Waals surface area (Å²) < 4.78 is 0. The van der Waals surface area contributed by atoms with Crippen LogP contribution in [0.4, 0.5) is 11.4 Å². The molecule has 0 aliphatic carbocycles. The van der Waals surface area contributed by atoms with Crippen LogP contribution in [0.5, 0.6) is 5.75 Å². The Labute approximate surface area is 203 Å². The van der Waals surface area contributed by atoms with E-state index in [4.69, 9.17) is 0 Å². The molecule has 2 amide bonds. The Morgan fingerprint density at radius 3 is 2.50 bits per heavy atom. The van der Waals surface area contributed by atoms with Gasteiger partial charge in [0.15, 0.2) is 0 Å². The largest absolute Gasteiger partial charge is 0.507 e. The van der Waals surface area contributed by atoms with Crippen molar-refractivity contribution in [3.05, 3.63) is 52.1 Å². The Kier molecular flexibility index (Phi) is 7.15. The van der Waals surface area contributed by atoms with Crippen molar-refractivity contribution in [2.24, 2.45) is 0 Å². The van der Waals surface area contributed by atoms with Gasteiger partial charge in [-0.25, -0.2) is 0 Å². The summed E-state index contributed by atoms with van der Waals surface area (Å²) in [4.78, 5) is 30.9. The van der Waals surface area contributed by atoms with Gasteiger partial charge >= 0.3 is 0 Å². The summed E-state index contributed by atoms with van der Waals surface area (Å²) in [5.41, 5.74) is 6.50. The van der Waals surface area contributed by atoms with Crippen molar-refractivity contribution in [1.29, 1.82) is 0 Å². The maximum absolute atomic E-state index is 13.5. The lowest BCUT2D eigenvalue weighted by Gasteiger charge is -2.37. The fraction of sp³-hybridized carbons (Fsp3) is 0.500. The summed E-state index contributed by atoms with van der Waals surface area (Å²) in [6.45, 7) is 10.3. The second-order valence-corrected chi connectivity index (χ2v) is 9.82. The molecule has 0 radical (unpaired) electrons. The molecular weight excluding hydrogens is 426 g/mol. The molecule has 2 aliphatic heterocycles. The molecule has 2 heterocycles. The van der Waals surface area contributed by atoms with Crippen LogP contribution in [0.15, 0.2) is 24.3 Å². The van der Waals surface area contributed by atoms with Crippen LogP contribution in [0.3, 0.4) is 0 Å². The average molecular weight is 464 g/mol. The Morgan fingerprint density at radius 2 is 1.79 bits per heavy atom. The number of nitrogens with one attached hydrogen (secondary N) is 1. The van der Waals surface area contributed by atoms with E-state index in [-0.39, 0.29) is 17.6 Å². The molecule has 34 heavy (non-hydrogen) atoms. The van der Waals surface area contributed by atoms with Crippen molar-refractivity contribution in [1.82, 2.24) is 4.90 Å². The number of phenolic OH excluding ortho intramolecular Hbond substituents is 1. The molecule has 2 aliphatic rings. The molecule has 6 heteroatoms. The normalized spacial score (nSPS) is 17.6. The minimum absolute atomic E-state index is 0.0361. The number of unbranched alkanes of at least 4 members (excludes halogenated alkanes) is 1. The highest BCUT2D eigenvalue weighted by Gasteiger charge is 2.35. The van der Waals surface area contributed by atoms with Crippen LogP contribution in [-0.2, 0) is 22.6 Å². The fourth-order valence-electron chi connectivity index (χ4n) is 5.13.